The van der Waals surface area contributed by atoms with Crippen molar-refractivity contribution in [2.75, 3.05) is 38.2 Å². The molecule has 0 spiro atoms. The van der Waals surface area contributed by atoms with Gasteiger partial charge in [-0.2, -0.15) is 0 Å². The van der Waals surface area contributed by atoms with E-state index in [0.717, 1.165) is 32.7 Å². The molecule has 0 aliphatic carbocycles. The molecule has 3 rings (SSSR count). The molecule has 0 unspecified atom stereocenters. The van der Waals surface area contributed by atoms with E-state index in [0.29, 0.717) is 29.8 Å². The van der Waals surface area contributed by atoms with Crippen molar-refractivity contribution in [2.45, 2.75) is 19.4 Å². The van der Waals surface area contributed by atoms with Crippen LogP contribution in [0.3, 0.4) is 0 Å². The third-order valence-electron chi connectivity index (χ3n) is 4.53. The number of carbonyl (C=O) groups is 1. The van der Waals surface area contributed by atoms with Crippen LogP contribution in [0.4, 0.5) is 10.5 Å². The van der Waals surface area contributed by atoms with Crippen LogP contribution in [0.25, 0.3) is 0 Å². The lowest BCUT2D eigenvalue weighted by atomic mass is 10.2. The highest BCUT2D eigenvalue weighted by atomic mass is 16.5. The largest absolute Gasteiger partial charge is 0.454 e. The highest BCUT2D eigenvalue weighted by Crippen LogP contribution is 2.28. The Morgan fingerprint density at radius 1 is 1.26 bits per heavy atom. The average molecular weight is 370 g/mol. The number of hydrogen-bond acceptors (Lipinski definition) is 5. The number of aromatic nitrogens is 1. The van der Waals surface area contributed by atoms with E-state index in [2.05, 4.69) is 27.4 Å². The Balaban J connectivity index is 1.56. The van der Waals surface area contributed by atoms with Crippen molar-refractivity contribution < 1.29 is 14.3 Å². The zero-order chi connectivity index (χ0) is 18.9. The summed E-state index contributed by atoms with van der Waals surface area (Å²) >= 11 is 0. The van der Waals surface area contributed by atoms with Gasteiger partial charge in [-0.15, -0.1) is 0 Å². The molecule has 1 fully saturated rings. The van der Waals surface area contributed by atoms with Gasteiger partial charge in [-0.3, -0.25) is 9.88 Å². The minimum atomic E-state index is -0.246. The number of carbonyl (C=O) groups excluding carboxylic acids is 1. The molecule has 2 amide bonds. The van der Waals surface area contributed by atoms with E-state index in [9.17, 15) is 4.79 Å². The van der Waals surface area contributed by atoms with Gasteiger partial charge in [0, 0.05) is 31.9 Å². The van der Waals surface area contributed by atoms with Gasteiger partial charge in [0.2, 0.25) is 0 Å². The fraction of sp³-hybridized carbons (Fsp3) is 0.400. The maximum absolute atomic E-state index is 12.4. The van der Waals surface area contributed by atoms with Crippen molar-refractivity contribution in [2.24, 2.45) is 0 Å². The van der Waals surface area contributed by atoms with Gasteiger partial charge in [0.05, 0.1) is 25.1 Å². The Bertz CT molecular complexity index is 720. The molecule has 1 aromatic carbocycles. The first kappa shape index (κ1) is 19.1. The topological polar surface area (TPSA) is 75.7 Å². The summed E-state index contributed by atoms with van der Waals surface area (Å²) in [5.41, 5.74) is 0.610. The Hall–Kier alpha value is -2.64. The van der Waals surface area contributed by atoms with E-state index >= 15 is 0 Å². The highest BCUT2D eigenvalue weighted by molar-refractivity contribution is 5.91. The summed E-state index contributed by atoms with van der Waals surface area (Å²) < 4.78 is 11.2. The fourth-order valence-corrected chi connectivity index (χ4v) is 3.04. The molecule has 2 heterocycles. The Labute approximate surface area is 159 Å². The number of anilines is 1. The molecule has 0 radical (unpaired) electrons. The number of rotatable bonds is 7. The number of benzene rings is 1. The zero-order valence-electron chi connectivity index (χ0n) is 15.6. The number of nitrogens with zero attached hydrogens (tertiary/aromatic N) is 2. The number of urea groups is 1. The first-order valence-corrected chi connectivity index (χ1v) is 9.30. The SMILES string of the molecule is CC[C@@H](CNC(=O)Nc1ccccc1Oc1cccnc1)N1CCOCC1. The van der Waals surface area contributed by atoms with E-state index < -0.39 is 0 Å². The molecule has 1 atom stereocenters. The second-order valence-electron chi connectivity index (χ2n) is 6.33. The van der Waals surface area contributed by atoms with E-state index in [4.69, 9.17) is 9.47 Å². The third-order valence-corrected chi connectivity index (χ3v) is 4.53. The predicted octanol–water partition coefficient (Wildman–Crippen LogP) is 3.11. The first-order chi connectivity index (χ1) is 13.3. The molecule has 0 saturated carbocycles. The Morgan fingerprint density at radius 2 is 2.07 bits per heavy atom. The van der Waals surface area contributed by atoms with Gasteiger partial charge < -0.3 is 20.1 Å². The minimum absolute atomic E-state index is 0.246. The van der Waals surface area contributed by atoms with Gasteiger partial charge in [-0.25, -0.2) is 4.79 Å². The smallest absolute Gasteiger partial charge is 0.319 e. The summed E-state index contributed by atoms with van der Waals surface area (Å²) in [6, 6.07) is 11.0. The molecule has 1 aliphatic rings. The van der Waals surface area contributed by atoms with Gasteiger partial charge in [0.15, 0.2) is 5.75 Å². The molecular weight excluding hydrogens is 344 g/mol. The number of para-hydroxylation sites is 2. The van der Waals surface area contributed by atoms with Crippen molar-refractivity contribution in [1.29, 1.82) is 0 Å². The van der Waals surface area contributed by atoms with Crippen LogP contribution in [0.1, 0.15) is 13.3 Å². The molecule has 1 saturated heterocycles. The van der Waals surface area contributed by atoms with Crippen LogP contribution in [-0.4, -0.2) is 54.8 Å². The van der Waals surface area contributed by atoms with Gasteiger partial charge in [-0.05, 0) is 30.7 Å². The minimum Gasteiger partial charge on any atom is -0.454 e. The standard InChI is InChI=1S/C20H26N4O3/c1-2-16(24-10-12-26-13-11-24)14-22-20(25)23-18-7-3-4-8-19(18)27-17-6-5-9-21-15-17/h3-9,15-16H,2,10-14H2,1H3,(H2,22,23,25)/t16-/m0/s1. The molecule has 7 nitrogen and oxygen atoms in total. The number of morpholine rings is 1. The lowest BCUT2D eigenvalue weighted by molar-refractivity contribution is 0.0165. The molecule has 2 N–H and O–H groups in total. The Kier molecular flexibility index (Phi) is 7.01. The molecule has 1 aromatic heterocycles. The van der Waals surface area contributed by atoms with E-state index in [-0.39, 0.29) is 6.03 Å². The summed E-state index contributed by atoms with van der Waals surface area (Å²) in [6.07, 6.45) is 4.29. The van der Waals surface area contributed by atoms with Crippen molar-refractivity contribution in [3.05, 3.63) is 48.8 Å². The second kappa shape index (κ2) is 9.89. The number of nitrogens with one attached hydrogen (secondary N) is 2. The van der Waals surface area contributed by atoms with E-state index in [1.807, 2.05) is 30.3 Å². The number of pyridine rings is 1. The number of ether oxygens (including phenoxy) is 2. The van der Waals surface area contributed by atoms with Crippen molar-refractivity contribution in [1.82, 2.24) is 15.2 Å². The van der Waals surface area contributed by atoms with Gasteiger partial charge in [0.1, 0.15) is 5.75 Å². The molecule has 144 valence electrons. The number of hydrogen-bond donors (Lipinski definition) is 2. The molecular formula is C20H26N4O3. The van der Waals surface area contributed by atoms with Crippen molar-refractivity contribution >= 4 is 11.7 Å². The van der Waals surface area contributed by atoms with Crippen LogP contribution in [0.5, 0.6) is 11.5 Å². The van der Waals surface area contributed by atoms with Crippen LogP contribution < -0.4 is 15.4 Å². The first-order valence-electron chi connectivity index (χ1n) is 9.30. The molecule has 2 aromatic rings. The maximum atomic E-state index is 12.4. The molecule has 27 heavy (non-hydrogen) atoms. The predicted molar refractivity (Wildman–Crippen MR) is 104 cm³/mol. The second-order valence-corrected chi connectivity index (χ2v) is 6.33. The summed E-state index contributed by atoms with van der Waals surface area (Å²) in [5, 5.41) is 5.84. The van der Waals surface area contributed by atoms with Crippen molar-refractivity contribution in [3.8, 4) is 11.5 Å². The Morgan fingerprint density at radius 3 is 2.81 bits per heavy atom. The molecule has 1 aliphatic heterocycles. The van der Waals surface area contributed by atoms with Gasteiger partial charge in [-0.1, -0.05) is 19.1 Å². The van der Waals surface area contributed by atoms with E-state index in [1.54, 1.807) is 18.5 Å². The molecule has 7 heteroatoms. The van der Waals surface area contributed by atoms with Crippen LogP contribution in [-0.2, 0) is 4.74 Å². The van der Waals surface area contributed by atoms with Crippen LogP contribution in [0.2, 0.25) is 0 Å². The highest BCUT2D eigenvalue weighted by Gasteiger charge is 2.20. The quantitative estimate of drug-likeness (QED) is 0.783. The van der Waals surface area contributed by atoms with Gasteiger partial charge >= 0.3 is 6.03 Å². The summed E-state index contributed by atoms with van der Waals surface area (Å²) in [6.45, 7) is 6.04. The maximum Gasteiger partial charge on any atom is 0.319 e. The van der Waals surface area contributed by atoms with E-state index in [1.165, 1.54) is 0 Å². The average Bonchev–Trinajstić information content (AvgIpc) is 2.71. The van der Waals surface area contributed by atoms with Crippen LogP contribution in [0.15, 0.2) is 48.8 Å². The third kappa shape index (κ3) is 5.67. The number of amides is 2. The fourth-order valence-electron chi connectivity index (χ4n) is 3.04. The van der Waals surface area contributed by atoms with Crippen LogP contribution >= 0.6 is 0 Å². The van der Waals surface area contributed by atoms with Crippen LogP contribution in [0, 0.1) is 0 Å². The lowest BCUT2D eigenvalue weighted by Gasteiger charge is -2.34. The monoisotopic (exact) mass is 370 g/mol. The normalized spacial score (nSPS) is 15.7. The zero-order valence-corrected chi connectivity index (χ0v) is 15.6. The summed E-state index contributed by atoms with van der Waals surface area (Å²) in [7, 11) is 0. The summed E-state index contributed by atoms with van der Waals surface area (Å²) in [4.78, 5) is 18.8. The molecule has 0 bridgehead atoms. The van der Waals surface area contributed by atoms with Crippen molar-refractivity contribution in [3.63, 3.8) is 0 Å². The van der Waals surface area contributed by atoms with Gasteiger partial charge in [0.25, 0.3) is 0 Å². The lowest BCUT2D eigenvalue weighted by Crippen LogP contribution is -2.49. The summed E-state index contributed by atoms with van der Waals surface area (Å²) in [5.74, 6) is 1.19.